The van der Waals surface area contributed by atoms with Crippen LogP contribution in [0.4, 0.5) is 5.69 Å². The topological polar surface area (TPSA) is 80.0 Å². The van der Waals surface area contributed by atoms with E-state index in [9.17, 15) is 4.79 Å². The number of rotatable bonds is 7. The molecule has 0 bridgehead atoms. The molecule has 2 rings (SSSR count). The third kappa shape index (κ3) is 5.33. The van der Waals surface area contributed by atoms with Gasteiger partial charge in [0.15, 0.2) is 5.82 Å². The number of halogens is 1. The van der Waals surface area contributed by atoms with Crippen molar-refractivity contribution in [1.29, 1.82) is 0 Å². The van der Waals surface area contributed by atoms with Crippen LogP contribution in [0.1, 0.15) is 31.2 Å². The summed E-state index contributed by atoms with van der Waals surface area (Å²) in [5.74, 6) is 1.16. The average Bonchev–Trinajstić information content (AvgIpc) is 2.99. The molecule has 2 N–H and O–H groups in total. The van der Waals surface area contributed by atoms with Crippen molar-refractivity contribution in [2.24, 2.45) is 0 Å². The largest absolute Gasteiger partial charge is 0.334 e. The average molecular weight is 339 g/mol. The highest BCUT2D eigenvalue weighted by molar-refractivity contribution is 5.92. The summed E-state index contributed by atoms with van der Waals surface area (Å²) in [6.45, 7) is 4.76. The summed E-state index contributed by atoms with van der Waals surface area (Å²) in [6.07, 6.45) is 2.03. The van der Waals surface area contributed by atoms with Gasteiger partial charge in [-0.3, -0.25) is 4.79 Å². The molecule has 0 spiro atoms. The number of nitrogens with one attached hydrogen (secondary N) is 2. The molecule has 0 saturated heterocycles. The van der Waals surface area contributed by atoms with E-state index in [0.717, 1.165) is 36.2 Å². The Labute approximate surface area is 142 Å². The normalized spacial score (nSPS) is 10.2. The van der Waals surface area contributed by atoms with E-state index in [-0.39, 0.29) is 18.3 Å². The van der Waals surface area contributed by atoms with Gasteiger partial charge in [-0.25, -0.2) is 0 Å². The van der Waals surface area contributed by atoms with Gasteiger partial charge in [-0.1, -0.05) is 18.1 Å². The molecule has 0 aliphatic rings. The molecule has 2 aromatic rings. The second kappa shape index (κ2) is 9.27. The van der Waals surface area contributed by atoms with Crippen molar-refractivity contribution in [3.8, 4) is 11.5 Å². The molecular formula is C16H23ClN4O2. The zero-order valence-electron chi connectivity index (χ0n) is 13.7. The number of aryl methyl sites for hydroxylation is 2. The van der Waals surface area contributed by atoms with Crippen LogP contribution in [-0.2, 0) is 11.2 Å². The smallest absolute Gasteiger partial charge is 0.257 e. The van der Waals surface area contributed by atoms with Crippen LogP contribution in [0.3, 0.4) is 0 Å². The van der Waals surface area contributed by atoms with Gasteiger partial charge in [-0.15, -0.1) is 12.4 Å². The number of hydrogen-bond acceptors (Lipinski definition) is 5. The van der Waals surface area contributed by atoms with Gasteiger partial charge in [0.05, 0.1) is 0 Å². The summed E-state index contributed by atoms with van der Waals surface area (Å²) >= 11 is 0. The highest BCUT2D eigenvalue weighted by atomic mass is 35.5. The van der Waals surface area contributed by atoms with Crippen LogP contribution in [-0.4, -0.2) is 29.6 Å². The number of carbonyl (C=O) groups excluding carboxylic acids is 1. The summed E-state index contributed by atoms with van der Waals surface area (Å²) in [5, 5.41) is 9.87. The Morgan fingerprint density at radius 1 is 1.35 bits per heavy atom. The van der Waals surface area contributed by atoms with Crippen LogP contribution in [0.2, 0.25) is 0 Å². The molecule has 126 valence electrons. The fourth-order valence-electron chi connectivity index (χ4n) is 2.04. The summed E-state index contributed by atoms with van der Waals surface area (Å²) in [5.41, 5.74) is 2.59. The van der Waals surface area contributed by atoms with Gasteiger partial charge in [0.1, 0.15) is 0 Å². The summed E-state index contributed by atoms with van der Waals surface area (Å²) in [7, 11) is 1.88. The van der Waals surface area contributed by atoms with Crippen molar-refractivity contribution in [3.63, 3.8) is 0 Å². The molecular weight excluding hydrogens is 316 g/mol. The number of nitrogens with zero attached hydrogens (tertiary/aromatic N) is 2. The summed E-state index contributed by atoms with van der Waals surface area (Å²) in [6, 6.07) is 5.73. The molecule has 1 heterocycles. The molecule has 1 aromatic heterocycles. The van der Waals surface area contributed by atoms with Gasteiger partial charge in [0.2, 0.25) is 5.91 Å². The highest BCUT2D eigenvalue weighted by Crippen LogP contribution is 2.24. The molecule has 6 nitrogen and oxygen atoms in total. The Balaban J connectivity index is 0.00000264. The number of hydrogen-bond donors (Lipinski definition) is 2. The monoisotopic (exact) mass is 338 g/mol. The predicted molar refractivity (Wildman–Crippen MR) is 92.9 cm³/mol. The lowest BCUT2D eigenvalue weighted by molar-refractivity contribution is -0.116. The van der Waals surface area contributed by atoms with E-state index in [2.05, 4.69) is 20.8 Å². The van der Waals surface area contributed by atoms with E-state index >= 15 is 0 Å². The van der Waals surface area contributed by atoms with Crippen molar-refractivity contribution in [2.75, 3.05) is 18.9 Å². The van der Waals surface area contributed by atoms with Crippen LogP contribution in [0, 0.1) is 6.92 Å². The van der Waals surface area contributed by atoms with Crippen LogP contribution in [0.5, 0.6) is 0 Å². The van der Waals surface area contributed by atoms with Gasteiger partial charge >= 0.3 is 0 Å². The van der Waals surface area contributed by atoms with Crippen molar-refractivity contribution >= 4 is 24.0 Å². The van der Waals surface area contributed by atoms with E-state index in [1.165, 1.54) is 0 Å². The highest BCUT2D eigenvalue weighted by Gasteiger charge is 2.11. The molecule has 0 fully saturated rings. The fourth-order valence-corrected chi connectivity index (χ4v) is 2.04. The Hall–Kier alpha value is -1.92. The third-order valence-electron chi connectivity index (χ3n) is 3.37. The maximum Gasteiger partial charge on any atom is 0.257 e. The van der Waals surface area contributed by atoms with E-state index < -0.39 is 0 Å². The predicted octanol–water partition coefficient (Wildman–Crippen LogP) is 2.97. The van der Waals surface area contributed by atoms with Crippen molar-refractivity contribution < 1.29 is 9.32 Å². The number of carbonyl (C=O) groups is 1. The zero-order valence-corrected chi connectivity index (χ0v) is 14.5. The second-order valence-electron chi connectivity index (χ2n) is 5.15. The van der Waals surface area contributed by atoms with E-state index in [1.54, 1.807) is 0 Å². The lowest BCUT2D eigenvalue weighted by atomic mass is 10.1. The van der Waals surface area contributed by atoms with E-state index in [4.69, 9.17) is 4.52 Å². The van der Waals surface area contributed by atoms with E-state index in [1.807, 2.05) is 39.1 Å². The summed E-state index contributed by atoms with van der Waals surface area (Å²) < 4.78 is 5.24. The first-order chi connectivity index (χ1) is 10.6. The van der Waals surface area contributed by atoms with Crippen LogP contribution in [0.25, 0.3) is 11.5 Å². The van der Waals surface area contributed by atoms with Crippen molar-refractivity contribution in [2.45, 2.75) is 33.1 Å². The van der Waals surface area contributed by atoms with Gasteiger partial charge in [0.25, 0.3) is 5.89 Å². The molecule has 1 aromatic carbocycles. The Bertz CT molecular complexity index is 643. The molecule has 0 unspecified atom stereocenters. The molecule has 7 heteroatoms. The molecule has 0 aliphatic heterocycles. The molecule has 1 amide bonds. The minimum Gasteiger partial charge on any atom is -0.334 e. The quantitative estimate of drug-likeness (QED) is 0.759. The molecule has 0 radical (unpaired) electrons. The maximum absolute atomic E-state index is 11.9. The van der Waals surface area contributed by atoms with Crippen LogP contribution < -0.4 is 10.6 Å². The second-order valence-corrected chi connectivity index (χ2v) is 5.15. The lowest BCUT2D eigenvalue weighted by Crippen LogP contribution is -2.15. The van der Waals surface area contributed by atoms with Gasteiger partial charge in [-0.05, 0) is 44.6 Å². The minimum atomic E-state index is 0. The number of amides is 1. The molecule has 0 aliphatic carbocycles. The van der Waals surface area contributed by atoms with Crippen LogP contribution >= 0.6 is 12.4 Å². The number of aromatic nitrogens is 2. The van der Waals surface area contributed by atoms with Crippen LogP contribution in [0.15, 0.2) is 22.7 Å². The lowest BCUT2D eigenvalue weighted by Gasteiger charge is -2.09. The zero-order chi connectivity index (χ0) is 15.9. The Kier molecular flexibility index (Phi) is 7.71. The summed E-state index contributed by atoms with van der Waals surface area (Å²) in [4.78, 5) is 16.3. The van der Waals surface area contributed by atoms with Gasteiger partial charge in [0, 0.05) is 24.1 Å². The van der Waals surface area contributed by atoms with Gasteiger partial charge < -0.3 is 15.2 Å². The maximum atomic E-state index is 11.9. The molecule has 0 saturated carbocycles. The SMILES string of the molecule is CCc1noc(-c2ccc(C)c(NC(=O)CCCNC)c2)n1.Cl. The Morgan fingerprint density at radius 2 is 2.13 bits per heavy atom. The number of benzene rings is 1. The first-order valence-electron chi connectivity index (χ1n) is 7.52. The standard InChI is InChI=1S/C16H22N4O2.ClH/c1-4-14-19-16(22-20-14)12-8-7-11(2)13(10-12)18-15(21)6-5-9-17-3;/h7-8,10,17H,4-6,9H2,1-3H3,(H,18,21);1H. The first kappa shape index (κ1) is 19.1. The third-order valence-corrected chi connectivity index (χ3v) is 3.37. The van der Waals surface area contributed by atoms with E-state index in [0.29, 0.717) is 18.1 Å². The number of anilines is 1. The molecule has 0 atom stereocenters. The Morgan fingerprint density at radius 3 is 2.78 bits per heavy atom. The van der Waals surface area contributed by atoms with Crippen molar-refractivity contribution in [3.05, 3.63) is 29.6 Å². The fraction of sp³-hybridized carbons (Fsp3) is 0.438. The van der Waals surface area contributed by atoms with Gasteiger partial charge in [-0.2, -0.15) is 4.98 Å². The first-order valence-corrected chi connectivity index (χ1v) is 7.52. The van der Waals surface area contributed by atoms with Crippen molar-refractivity contribution in [1.82, 2.24) is 15.5 Å². The molecule has 23 heavy (non-hydrogen) atoms. The minimum absolute atomic E-state index is 0.